The van der Waals surface area contributed by atoms with E-state index in [0.29, 0.717) is 10.7 Å². The molecule has 6 heteroatoms. The number of nitrogens with one attached hydrogen (secondary N) is 1. The molecule has 1 aliphatic carbocycles. The highest BCUT2D eigenvalue weighted by Gasteiger charge is 2.31. The largest absolute Gasteiger partial charge is 0.368 e. The summed E-state index contributed by atoms with van der Waals surface area (Å²) < 4.78 is 0.343. The second-order valence-electron chi connectivity index (χ2n) is 5.81. The maximum absolute atomic E-state index is 5.85. The maximum Gasteiger partial charge on any atom is 0.223 e. The minimum Gasteiger partial charge on any atom is -0.368 e. The van der Waals surface area contributed by atoms with Gasteiger partial charge in [-0.3, -0.25) is 0 Å². The minimum absolute atomic E-state index is 0.343. The molecule has 0 aliphatic heterocycles. The van der Waals surface area contributed by atoms with Gasteiger partial charge in [0.25, 0.3) is 0 Å². The second kappa shape index (κ2) is 6.01. The van der Waals surface area contributed by atoms with E-state index < -0.39 is 0 Å². The molecular weight excluding hydrogens is 300 g/mol. The fourth-order valence-electron chi connectivity index (χ4n) is 3.09. The van der Waals surface area contributed by atoms with Gasteiger partial charge in [-0.25, -0.2) is 4.98 Å². The van der Waals surface area contributed by atoms with Gasteiger partial charge in [0, 0.05) is 16.2 Å². The molecule has 2 aromatic rings. The molecule has 1 fully saturated rings. The molecule has 1 saturated carbocycles. The smallest absolute Gasteiger partial charge is 0.223 e. The van der Waals surface area contributed by atoms with Gasteiger partial charge in [-0.2, -0.15) is 16.7 Å². The highest BCUT2D eigenvalue weighted by atomic mass is 32.2. The Balaban J connectivity index is 1.84. The van der Waals surface area contributed by atoms with Crippen LogP contribution < -0.4 is 11.1 Å². The standard InChI is InChI=1S/C15H22N4S2/c1-10-8-11-12(18-14(16)19-13(11)21-10)17-9-15(20-2)6-4-3-5-7-15/h8H,3-7,9H2,1-2H3,(H3,16,17,18,19). The number of nitrogens with zero attached hydrogens (tertiary/aromatic N) is 2. The molecule has 0 spiro atoms. The van der Waals surface area contributed by atoms with Gasteiger partial charge in [-0.1, -0.05) is 19.3 Å². The van der Waals surface area contributed by atoms with Crippen molar-refractivity contribution >= 4 is 45.1 Å². The van der Waals surface area contributed by atoms with Crippen molar-refractivity contribution in [2.45, 2.75) is 43.8 Å². The van der Waals surface area contributed by atoms with Crippen LogP contribution in [0.4, 0.5) is 11.8 Å². The van der Waals surface area contributed by atoms with E-state index >= 15 is 0 Å². The fraction of sp³-hybridized carbons (Fsp3) is 0.600. The van der Waals surface area contributed by atoms with Crippen molar-refractivity contribution in [2.75, 3.05) is 23.9 Å². The number of thioether (sulfide) groups is 1. The van der Waals surface area contributed by atoms with E-state index in [0.717, 1.165) is 22.6 Å². The first-order chi connectivity index (χ1) is 10.1. The molecule has 2 heterocycles. The molecule has 114 valence electrons. The third-order valence-corrected chi connectivity index (χ3v) is 6.67. The summed E-state index contributed by atoms with van der Waals surface area (Å²) in [5.41, 5.74) is 5.85. The quantitative estimate of drug-likeness (QED) is 0.888. The Kier molecular flexibility index (Phi) is 4.26. The van der Waals surface area contributed by atoms with Gasteiger partial charge >= 0.3 is 0 Å². The van der Waals surface area contributed by atoms with Gasteiger partial charge in [-0.15, -0.1) is 11.3 Å². The van der Waals surface area contributed by atoms with Crippen molar-refractivity contribution in [2.24, 2.45) is 0 Å². The summed E-state index contributed by atoms with van der Waals surface area (Å²) in [6.45, 7) is 3.05. The van der Waals surface area contributed by atoms with Crippen LogP contribution in [0.5, 0.6) is 0 Å². The predicted molar refractivity (Wildman–Crippen MR) is 94.4 cm³/mol. The first kappa shape index (κ1) is 14.9. The van der Waals surface area contributed by atoms with E-state index in [-0.39, 0.29) is 0 Å². The van der Waals surface area contributed by atoms with Crippen LogP contribution in [0.2, 0.25) is 0 Å². The summed E-state index contributed by atoms with van der Waals surface area (Å²) in [6, 6.07) is 2.15. The van der Waals surface area contributed by atoms with Crippen LogP contribution in [-0.2, 0) is 0 Å². The Hall–Kier alpha value is -1.01. The zero-order valence-electron chi connectivity index (χ0n) is 12.6. The molecule has 0 amide bonds. The predicted octanol–water partition coefficient (Wildman–Crippen LogP) is 4.06. The van der Waals surface area contributed by atoms with Crippen molar-refractivity contribution in [3.05, 3.63) is 10.9 Å². The Morgan fingerprint density at radius 3 is 2.81 bits per heavy atom. The van der Waals surface area contributed by atoms with E-state index in [9.17, 15) is 0 Å². The molecule has 0 aromatic carbocycles. The molecule has 1 aliphatic rings. The van der Waals surface area contributed by atoms with Gasteiger partial charge in [0.15, 0.2) is 0 Å². The van der Waals surface area contributed by atoms with Crippen LogP contribution in [-0.4, -0.2) is 27.5 Å². The number of fused-ring (bicyclic) bond motifs is 1. The fourth-order valence-corrected chi connectivity index (χ4v) is 4.89. The molecule has 3 rings (SSSR count). The first-order valence-corrected chi connectivity index (χ1v) is 9.49. The van der Waals surface area contributed by atoms with E-state index in [1.807, 2.05) is 11.8 Å². The number of thiophene rings is 1. The van der Waals surface area contributed by atoms with E-state index in [1.165, 1.54) is 37.0 Å². The number of aryl methyl sites for hydroxylation is 1. The number of nitrogen functional groups attached to an aromatic ring is 1. The normalized spacial score (nSPS) is 18.0. The molecule has 3 N–H and O–H groups in total. The van der Waals surface area contributed by atoms with Crippen molar-refractivity contribution in [1.29, 1.82) is 0 Å². The Bertz CT molecular complexity index is 632. The monoisotopic (exact) mass is 322 g/mol. The SMILES string of the molecule is CSC1(CNc2nc(N)nc3sc(C)cc23)CCCCC1. The number of anilines is 2. The molecule has 2 aromatic heterocycles. The average molecular weight is 323 g/mol. The lowest BCUT2D eigenvalue weighted by Crippen LogP contribution is -2.35. The van der Waals surface area contributed by atoms with Crippen LogP contribution in [0.3, 0.4) is 0 Å². The third kappa shape index (κ3) is 3.11. The first-order valence-electron chi connectivity index (χ1n) is 7.45. The van der Waals surface area contributed by atoms with E-state index in [2.05, 4.69) is 34.5 Å². The molecule has 21 heavy (non-hydrogen) atoms. The Morgan fingerprint density at radius 2 is 2.10 bits per heavy atom. The van der Waals surface area contributed by atoms with E-state index in [4.69, 9.17) is 5.73 Å². The van der Waals surface area contributed by atoms with Crippen LogP contribution in [0.25, 0.3) is 10.2 Å². The van der Waals surface area contributed by atoms with Crippen molar-refractivity contribution in [3.63, 3.8) is 0 Å². The molecule has 0 saturated heterocycles. The number of nitrogens with two attached hydrogens (primary N) is 1. The maximum atomic E-state index is 5.85. The zero-order valence-corrected chi connectivity index (χ0v) is 14.2. The summed E-state index contributed by atoms with van der Waals surface area (Å²) >= 11 is 3.66. The van der Waals surface area contributed by atoms with Crippen LogP contribution in [0, 0.1) is 6.92 Å². The van der Waals surface area contributed by atoms with Crippen LogP contribution in [0.1, 0.15) is 37.0 Å². The van der Waals surface area contributed by atoms with E-state index in [1.54, 1.807) is 11.3 Å². The van der Waals surface area contributed by atoms with Gasteiger partial charge in [0.1, 0.15) is 10.6 Å². The molecular formula is C15H22N4S2. The third-order valence-electron chi connectivity index (χ3n) is 4.31. The Labute approximate surface area is 133 Å². The van der Waals surface area contributed by atoms with Crippen molar-refractivity contribution < 1.29 is 0 Å². The topological polar surface area (TPSA) is 63.8 Å². The lowest BCUT2D eigenvalue weighted by Gasteiger charge is -2.36. The molecule has 0 bridgehead atoms. The molecule has 0 unspecified atom stereocenters. The lowest BCUT2D eigenvalue weighted by molar-refractivity contribution is 0.411. The van der Waals surface area contributed by atoms with Crippen molar-refractivity contribution in [3.8, 4) is 0 Å². The van der Waals surface area contributed by atoms with Gasteiger partial charge in [0.2, 0.25) is 5.95 Å². The minimum atomic E-state index is 0.343. The summed E-state index contributed by atoms with van der Waals surface area (Å²) in [5.74, 6) is 1.24. The number of hydrogen-bond acceptors (Lipinski definition) is 6. The highest BCUT2D eigenvalue weighted by molar-refractivity contribution is 8.00. The van der Waals surface area contributed by atoms with Gasteiger partial charge < -0.3 is 11.1 Å². The molecule has 0 atom stereocenters. The summed E-state index contributed by atoms with van der Waals surface area (Å²) in [5, 5.41) is 4.65. The highest BCUT2D eigenvalue weighted by Crippen LogP contribution is 2.39. The molecule has 0 radical (unpaired) electrons. The van der Waals surface area contributed by atoms with Gasteiger partial charge in [0.05, 0.1) is 5.39 Å². The summed E-state index contributed by atoms with van der Waals surface area (Å²) in [7, 11) is 0. The van der Waals surface area contributed by atoms with Crippen LogP contribution in [0.15, 0.2) is 6.07 Å². The van der Waals surface area contributed by atoms with Crippen molar-refractivity contribution in [1.82, 2.24) is 9.97 Å². The number of hydrogen-bond donors (Lipinski definition) is 2. The zero-order chi connectivity index (χ0) is 14.9. The summed E-state index contributed by atoms with van der Waals surface area (Å²) in [6.07, 6.45) is 8.84. The average Bonchev–Trinajstić information content (AvgIpc) is 2.86. The number of aromatic nitrogens is 2. The lowest BCUT2D eigenvalue weighted by atomic mass is 9.88. The summed E-state index contributed by atoms with van der Waals surface area (Å²) in [4.78, 5) is 11.0. The molecule has 4 nitrogen and oxygen atoms in total. The number of rotatable bonds is 4. The Morgan fingerprint density at radius 1 is 1.33 bits per heavy atom. The van der Waals surface area contributed by atoms with Crippen LogP contribution >= 0.6 is 23.1 Å². The van der Waals surface area contributed by atoms with Gasteiger partial charge in [-0.05, 0) is 32.1 Å². The second-order valence-corrected chi connectivity index (χ2v) is 8.32.